The van der Waals surface area contributed by atoms with Crippen molar-refractivity contribution in [2.75, 3.05) is 13.1 Å². The number of rotatable bonds is 6. The number of likely N-dealkylation sites (N-methyl/N-ethyl adjacent to an activating group) is 1. The van der Waals surface area contributed by atoms with Crippen molar-refractivity contribution in [3.05, 3.63) is 34.9 Å². The predicted molar refractivity (Wildman–Crippen MR) is 80.6 cm³/mol. The summed E-state index contributed by atoms with van der Waals surface area (Å²) in [6, 6.07) is 7.70. The van der Waals surface area contributed by atoms with Crippen molar-refractivity contribution in [1.82, 2.24) is 10.6 Å². The average Bonchev–Trinajstić information content (AvgIpc) is 2.36. The standard InChI is InChI=1S/C15H23ClN2O/c1-5-17-11(2)10-18-14(19)15(3,4)12-6-8-13(16)9-7-12/h6-9,11,17H,5,10H2,1-4H3,(H,18,19)/t11-/m1/s1. The van der Waals surface area contributed by atoms with E-state index in [-0.39, 0.29) is 11.9 Å². The zero-order chi connectivity index (χ0) is 14.5. The Morgan fingerprint density at radius 3 is 2.42 bits per heavy atom. The van der Waals surface area contributed by atoms with E-state index in [1.807, 2.05) is 38.1 Å². The highest BCUT2D eigenvalue weighted by Gasteiger charge is 2.29. The predicted octanol–water partition coefficient (Wildman–Crippen LogP) is 2.73. The first-order valence-corrected chi connectivity index (χ1v) is 7.03. The molecule has 0 aliphatic heterocycles. The van der Waals surface area contributed by atoms with Crippen molar-refractivity contribution >= 4 is 17.5 Å². The van der Waals surface area contributed by atoms with Crippen LogP contribution in [-0.2, 0) is 10.2 Å². The lowest BCUT2D eigenvalue weighted by atomic mass is 9.83. The third kappa shape index (κ3) is 4.51. The summed E-state index contributed by atoms with van der Waals surface area (Å²) in [6.45, 7) is 9.48. The first kappa shape index (κ1) is 16.0. The molecule has 19 heavy (non-hydrogen) atoms. The normalized spacial score (nSPS) is 13.1. The molecule has 1 amide bonds. The van der Waals surface area contributed by atoms with Crippen molar-refractivity contribution in [2.24, 2.45) is 0 Å². The van der Waals surface area contributed by atoms with Crippen LogP contribution in [0.3, 0.4) is 0 Å². The molecule has 106 valence electrons. The highest BCUT2D eigenvalue weighted by atomic mass is 35.5. The van der Waals surface area contributed by atoms with Crippen LogP contribution in [-0.4, -0.2) is 25.0 Å². The van der Waals surface area contributed by atoms with Crippen molar-refractivity contribution in [3.8, 4) is 0 Å². The quantitative estimate of drug-likeness (QED) is 0.842. The molecule has 1 aromatic carbocycles. The summed E-state index contributed by atoms with van der Waals surface area (Å²) in [4.78, 5) is 12.3. The third-order valence-corrected chi connectivity index (χ3v) is 3.51. The first-order valence-electron chi connectivity index (χ1n) is 6.65. The van der Waals surface area contributed by atoms with Gasteiger partial charge in [-0.25, -0.2) is 0 Å². The summed E-state index contributed by atoms with van der Waals surface area (Å²) < 4.78 is 0. The number of halogens is 1. The van der Waals surface area contributed by atoms with E-state index in [9.17, 15) is 4.79 Å². The first-order chi connectivity index (χ1) is 8.87. The fourth-order valence-electron chi connectivity index (χ4n) is 1.89. The van der Waals surface area contributed by atoms with Gasteiger partial charge in [-0.2, -0.15) is 0 Å². The van der Waals surface area contributed by atoms with Crippen LogP contribution in [0.5, 0.6) is 0 Å². The number of carbonyl (C=O) groups excluding carboxylic acids is 1. The van der Waals surface area contributed by atoms with Crippen LogP contribution in [0.25, 0.3) is 0 Å². The summed E-state index contributed by atoms with van der Waals surface area (Å²) in [5, 5.41) is 6.93. The molecule has 4 heteroatoms. The van der Waals surface area contributed by atoms with E-state index in [1.54, 1.807) is 0 Å². The molecule has 1 atom stereocenters. The minimum Gasteiger partial charge on any atom is -0.354 e. The Bertz CT molecular complexity index is 415. The van der Waals surface area contributed by atoms with Gasteiger partial charge >= 0.3 is 0 Å². The lowest BCUT2D eigenvalue weighted by Gasteiger charge is -2.25. The molecular weight excluding hydrogens is 260 g/mol. The van der Waals surface area contributed by atoms with Gasteiger partial charge in [0.1, 0.15) is 0 Å². The number of carbonyl (C=O) groups is 1. The van der Waals surface area contributed by atoms with Gasteiger partial charge in [-0.05, 0) is 45.0 Å². The van der Waals surface area contributed by atoms with Gasteiger partial charge in [0, 0.05) is 17.6 Å². The Labute approximate surface area is 120 Å². The SMILES string of the molecule is CCN[C@H](C)CNC(=O)C(C)(C)c1ccc(Cl)cc1. The molecule has 3 nitrogen and oxygen atoms in total. The maximum Gasteiger partial charge on any atom is 0.230 e. The second-order valence-corrected chi connectivity index (χ2v) is 5.74. The number of nitrogens with one attached hydrogen (secondary N) is 2. The van der Waals surface area contributed by atoms with Crippen molar-refractivity contribution in [2.45, 2.75) is 39.2 Å². The third-order valence-electron chi connectivity index (χ3n) is 3.25. The smallest absolute Gasteiger partial charge is 0.230 e. The summed E-state index contributed by atoms with van der Waals surface area (Å²) >= 11 is 5.87. The summed E-state index contributed by atoms with van der Waals surface area (Å²) in [7, 11) is 0. The Kier molecular flexibility index (Phi) is 5.83. The molecule has 0 bridgehead atoms. The molecule has 0 heterocycles. The molecule has 0 unspecified atom stereocenters. The van der Waals surface area contributed by atoms with E-state index in [0.29, 0.717) is 11.6 Å². The molecule has 0 spiro atoms. The summed E-state index contributed by atoms with van der Waals surface area (Å²) in [6.07, 6.45) is 0. The van der Waals surface area contributed by atoms with Gasteiger partial charge in [0.05, 0.1) is 5.41 Å². The second kappa shape index (κ2) is 6.92. The van der Waals surface area contributed by atoms with Gasteiger partial charge in [0.2, 0.25) is 5.91 Å². The average molecular weight is 283 g/mol. The summed E-state index contributed by atoms with van der Waals surface area (Å²) in [5.74, 6) is 0.0274. The Morgan fingerprint density at radius 1 is 1.32 bits per heavy atom. The number of benzene rings is 1. The van der Waals surface area contributed by atoms with Gasteiger partial charge in [-0.3, -0.25) is 4.79 Å². The molecule has 0 saturated carbocycles. The van der Waals surface area contributed by atoms with Gasteiger partial charge < -0.3 is 10.6 Å². The minimum absolute atomic E-state index is 0.0274. The zero-order valence-electron chi connectivity index (χ0n) is 12.1. The fraction of sp³-hybridized carbons (Fsp3) is 0.533. The van der Waals surface area contributed by atoms with Crippen LogP contribution in [0.1, 0.15) is 33.3 Å². The topological polar surface area (TPSA) is 41.1 Å². The molecule has 1 rings (SSSR count). The van der Waals surface area contributed by atoms with Crippen LogP contribution in [0.2, 0.25) is 5.02 Å². The zero-order valence-corrected chi connectivity index (χ0v) is 12.8. The summed E-state index contributed by atoms with van der Waals surface area (Å²) in [5.41, 5.74) is 0.404. The molecule has 0 saturated heterocycles. The Morgan fingerprint density at radius 2 is 1.89 bits per heavy atom. The van der Waals surface area contributed by atoms with Crippen LogP contribution in [0, 0.1) is 0 Å². The molecule has 0 aliphatic rings. The van der Waals surface area contributed by atoms with Crippen LogP contribution in [0.15, 0.2) is 24.3 Å². The second-order valence-electron chi connectivity index (χ2n) is 5.30. The van der Waals surface area contributed by atoms with Crippen molar-refractivity contribution < 1.29 is 4.79 Å². The van der Waals surface area contributed by atoms with Crippen LogP contribution >= 0.6 is 11.6 Å². The lowest BCUT2D eigenvalue weighted by molar-refractivity contribution is -0.125. The van der Waals surface area contributed by atoms with Gasteiger partial charge in [0.15, 0.2) is 0 Å². The van der Waals surface area contributed by atoms with Crippen LogP contribution < -0.4 is 10.6 Å². The molecule has 0 aliphatic carbocycles. The molecule has 2 N–H and O–H groups in total. The minimum atomic E-state index is -0.559. The molecule has 0 fully saturated rings. The van der Waals surface area contributed by atoms with E-state index in [1.165, 1.54) is 0 Å². The van der Waals surface area contributed by atoms with Crippen molar-refractivity contribution in [1.29, 1.82) is 0 Å². The highest BCUT2D eigenvalue weighted by molar-refractivity contribution is 6.30. The number of amides is 1. The van der Waals surface area contributed by atoms with Gasteiger partial charge in [-0.1, -0.05) is 30.7 Å². The van der Waals surface area contributed by atoms with E-state index in [4.69, 9.17) is 11.6 Å². The maximum absolute atomic E-state index is 12.3. The largest absolute Gasteiger partial charge is 0.354 e. The monoisotopic (exact) mass is 282 g/mol. The Balaban J connectivity index is 2.66. The molecule has 0 aromatic heterocycles. The molecular formula is C15H23ClN2O. The van der Waals surface area contributed by atoms with Crippen LogP contribution in [0.4, 0.5) is 0 Å². The fourth-order valence-corrected chi connectivity index (χ4v) is 2.01. The van der Waals surface area contributed by atoms with E-state index in [0.717, 1.165) is 12.1 Å². The number of hydrogen-bond acceptors (Lipinski definition) is 2. The maximum atomic E-state index is 12.3. The molecule has 0 radical (unpaired) electrons. The van der Waals surface area contributed by atoms with E-state index < -0.39 is 5.41 Å². The van der Waals surface area contributed by atoms with Gasteiger partial charge in [-0.15, -0.1) is 0 Å². The lowest BCUT2D eigenvalue weighted by Crippen LogP contribution is -2.45. The number of hydrogen-bond donors (Lipinski definition) is 2. The van der Waals surface area contributed by atoms with Gasteiger partial charge in [0.25, 0.3) is 0 Å². The Hall–Kier alpha value is -1.06. The van der Waals surface area contributed by atoms with E-state index >= 15 is 0 Å². The van der Waals surface area contributed by atoms with Crippen molar-refractivity contribution in [3.63, 3.8) is 0 Å². The highest BCUT2D eigenvalue weighted by Crippen LogP contribution is 2.24. The van der Waals surface area contributed by atoms with E-state index in [2.05, 4.69) is 24.5 Å². The molecule has 1 aromatic rings.